The fourth-order valence-electron chi connectivity index (χ4n) is 5.24. The van der Waals surface area contributed by atoms with Crippen molar-refractivity contribution in [1.82, 2.24) is 10.6 Å². The van der Waals surface area contributed by atoms with Crippen LogP contribution in [0.1, 0.15) is 18.2 Å². The second-order valence-corrected chi connectivity index (χ2v) is 16.7. The zero-order chi connectivity index (χ0) is 28.0. The molecule has 0 spiro atoms. The van der Waals surface area contributed by atoms with Crippen molar-refractivity contribution in [1.29, 1.82) is 0 Å². The molecule has 41 heavy (non-hydrogen) atoms. The van der Waals surface area contributed by atoms with Gasteiger partial charge in [-0.15, -0.1) is 0 Å². The molecule has 1 unspecified atom stereocenters. The van der Waals surface area contributed by atoms with Gasteiger partial charge in [-0.3, -0.25) is 0 Å². The summed E-state index contributed by atoms with van der Waals surface area (Å²) in [6.45, 7) is 0.547. The summed E-state index contributed by atoms with van der Waals surface area (Å²) in [7, 11) is 3.88. The summed E-state index contributed by atoms with van der Waals surface area (Å²) in [6, 6.07) is 39.6. The van der Waals surface area contributed by atoms with Crippen LogP contribution in [0.2, 0.25) is 0 Å². The van der Waals surface area contributed by atoms with E-state index in [1.807, 2.05) is 61.1 Å². The smallest absolute Gasteiger partial charge is 1.00 e. The second kappa shape index (κ2) is 13.1. The fourth-order valence-corrected chi connectivity index (χ4v) is 11.4. The minimum absolute atomic E-state index is 0. The van der Waals surface area contributed by atoms with Crippen molar-refractivity contribution < 1.29 is 26.3 Å². The molecule has 214 valence electrons. The molecule has 1 heterocycles. The van der Waals surface area contributed by atoms with Crippen LogP contribution in [0.5, 0.6) is 5.75 Å². The molecule has 4 aromatic rings. The Morgan fingerprint density at radius 1 is 0.805 bits per heavy atom. The maximum atomic E-state index is 8.14. The van der Waals surface area contributed by atoms with Crippen LogP contribution < -0.4 is 54.0 Å². The van der Waals surface area contributed by atoms with E-state index in [2.05, 4.69) is 88.4 Å². The number of rotatable bonds is 9. The summed E-state index contributed by atoms with van der Waals surface area (Å²) in [5.74, 6) is -1.30. The van der Waals surface area contributed by atoms with E-state index in [1.54, 1.807) is 0 Å². The Morgan fingerprint density at radius 3 is 1.76 bits per heavy atom. The summed E-state index contributed by atoms with van der Waals surface area (Å²) >= 11 is 8.14. The van der Waals surface area contributed by atoms with Crippen molar-refractivity contribution >= 4 is 45.0 Å². The van der Waals surface area contributed by atoms with Gasteiger partial charge in [-0.1, -0.05) is 0 Å². The molecular formula is C32H36BrClN5OP. The quantitative estimate of drug-likeness (QED) is 0.145. The zero-order valence-electron chi connectivity index (χ0n) is 23.3. The molecule has 1 aliphatic rings. The molecule has 0 aromatic heterocycles. The molecule has 4 aromatic carbocycles. The van der Waals surface area contributed by atoms with Gasteiger partial charge in [0.05, 0.1) is 14.1 Å². The van der Waals surface area contributed by atoms with E-state index in [1.165, 1.54) is 15.9 Å². The number of benzene rings is 4. The molecule has 1 atom stereocenters. The van der Waals surface area contributed by atoms with Crippen molar-refractivity contribution in [2.75, 3.05) is 26.9 Å². The Kier molecular flexibility index (Phi) is 9.75. The van der Waals surface area contributed by atoms with Gasteiger partial charge in [0.2, 0.25) is 0 Å². The first-order chi connectivity index (χ1) is 19.4. The van der Waals surface area contributed by atoms with Crippen LogP contribution in [0.15, 0.2) is 120 Å². The minimum Gasteiger partial charge on any atom is -1.00 e. The molecular weight excluding hydrogens is 617 g/mol. The Labute approximate surface area is 257 Å². The van der Waals surface area contributed by atoms with Gasteiger partial charge in [0, 0.05) is 0 Å². The molecule has 5 rings (SSSR count). The molecule has 6 nitrogen and oxygen atoms in total. The van der Waals surface area contributed by atoms with E-state index in [0.717, 1.165) is 29.9 Å². The van der Waals surface area contributed by atoms with Crippen LogP contribution in [-0.2, 0) is 0 Å². The normalized spacial score (nSPS) is 15.7. The van der Waals surface area contributed by atoms with Gasteiger partial charge in [-0.25, -0.2) is 0 Å². The maximum absolute atomic E-state index is 8.14. The summed E-state index contributed by atoms with van der Waals surface area (Å²) in [5.41, 5.74) is 6.99. The van der Waals surface area contributed by atoms with Crippen molar-refractivity contribution in [3.05, 3.63) is 121 Å². The summed E-state index contributed by atoms with van der Waals surface area (Å²) in [6.07, 6.45) is 1.30. The van der Waals surface area contributed by atoms with Crippen LogP contribution >= 0.6 is 17.2 Å². The second-order valence-electron chi connectivity index (χ2n) is 10.1. The molecule has 0 bridgehead atoms. The molecule has 0 aliphatic carbocycles. The zero-order valence-corrected chi connectivity index (χ0v) is 26.5. The Bertz CT molecular complexity index is 1400. The molecule has 0 fully saturated rings. The van der Waals surface area contributed by atoms with Gasteiger partial charge < -0.3 is 17.0 Å². The first kappa shape index (κ1) is 30.6. The molecule has 9 heteroatoms. The number of nitrogens with zero attached hydrogens (tertiary/aromatic N) is 2. The van der Waals surface area contributed by atoms with Crippen molar-refractivity contribution in [3.63, 3.8) is 0 Å². The van der Waals surface area contributed by atoms with E-state index in [4.69, 9.17) is 21.7 Å². The van der Waals surface area contributed by atoms with E-state index in [-0.39, 0.29) is 23.1 Å². The third-order valence-corrected chi connectivity index (χ3v) is 14.9. The van der Waals surface area contributed by atoms with Gasteiger partial charge in [0.15, 0.2) is 0 Å². The van der Waals surface area contributed by atoms with E-state index in [0.29, 0.717) is 12.6 Å². The van der Waals surface area contributed by atoms with Crippen molar-refractivity contribution in [2.24, 2.45) is 10.7 Å². The van der Waals surface area contributed by atoms with Crippen LogP contribution in [0.3, 0.4) is 0 Å². The topological polar surface area (TPSA) is 74.7 Å². The van der Waals surface area contributed by atoms with Gasteiger partial charge in [0.25, 0.3) is 0 Å². The fraction of sp³-hybridized carbons (Fsp3) is 0.188. The van der Waals surface area contributed by atoms with Crippen molar-refractivity contribution in [3.8, 4) is 5.75 Å². The maximum Gasteiger partial charge on any atom is -1.00 e. The monoisotopic (exact) mass is 651 g/mol. The number of hydrogen-bond acceptors (Lipinski definition) is 3. The number of aliphatic imine (C=N–C) groups is 1. The number of ether oxygens (including phenoxy) is 1. The third-order valence-electron chi connectivity index (χ3n) is 7.31. The minimum atomic E-state index is -3.29. The van der Waals surface area contributed by atoms with E-state index < -0.39 is 5.96 Å². The predicted molar refractivity (Wildman–Crippen MR) is 170 cm³/mol. The summed E-state index contributed by atoms with van der Waals surface area (Å²) in [4.78, 5) is 4.48. The average Bonchev–Trinajstić information content (AvgIpc) is 3.00. The Morgan fingerprint density at radius 2 is 1.29 bits per heavy atom. The number of nitrogens with one attached hydrogen (secondary N) is 2. The van der Waals surface area contributed by atoms with E-state index >= 15 is 0 Å². The van der Waals surface area contributed by atoms with Crippen molar-refractivity contribution in [2.45, 2.75) is 12.6 Å². The van der Waals surface area contributed by atoms with Gasteiger partial charge in [-0.05, 0) is 0 Å². The standard InChI is InChI=1S/C32H35ClN5OP.BrH/c1-38(2)32-36-30(35-31(34)37-32)25-19-21-26(22-20-25)39-23-12-24-40(33,27-13-6-3-7-14-27,28-15-8-4-9-16-28)29-17-10-5-11-18-29;/h3-11,13-22,30H,12,23-24H2,1-2H3,(H3,34,35,36,37);1H. The van der Waals surface area contributed by atoms with Gasteiger partial charge in [-0.2, -0.15) is 0 Å². The largest absolute Gasteiger partial charge is 1.00 e. The Hall–Kier alpha value is -3.38. The Balaban J connectivity index is 0.00000387. The molecule has 0 saturated heterocycles. The summed E-state index contributed by atoms with van der Waals surface area (Å²) < 4.78 is 8.16. The molecule has 0 radical (unpaired) electrons. The predicted octanol–water partition coefficient (Wildman–Crippen LogP) is 1.28. The number of halogens is 2. The summed E-state index contributed by atoms with van der Waals surface area (Å²) in [5, 5.41) is 9.89. The SMILES string of the molecule is C[N+](C)=C1NC(N)=NC(c2ccc(OCCCP(Cl)(c3ccccc3)(c3ccccc3)c3ccccc3)cc2)N1.[Br-]. The molecule has 1 aliphatic heterocycles. The molecule has 0 amide bonds. The first-order valence-electron chi connectivity index (χ1n) is 13.4. The van der Waals surface area contributed by atoms with E-state index in [9.17, 15) is 0 Å². The van der Waals surface area contributed by atoms with Crippen LogP contribution in [0.25, 0.3) is 0 Å². The first-order valence-corrected chi connectivity index (χ1v) is 16.7. The number of guanidine groups is 2. The van der Waals surface area contributed by atoms with Gasteiger partial charge in [0.1, 0.15) is 0 Å². The number of nitrogens with two attached hydrogens (primary N) is 1. The van der Waals surface area contributed by atoms with Crippen LogP contribution in [0.4, 0.5) is 0 Å². The average molecular weight is 653 g/mol. The molecule has 0 saturated carbocycles. The third kappa shape index (κ3) is 6.28. The van der Waals surface area contributed by atoms with Crippen LogP contribution in [-0.4, -0.2) is 43.4 Å². The number of hydrogen-bond donors (Lipinski definition) is 3. The van der Waals surface area contributed by atoms with Gasteiger partial charge >= 0.3 is 228 Å². The van der Waals surface area contributed by atoms with Crippen LogP contribution in [0, 0.1) is 0 Å². The molecule has 4 N–H and O–H groups in total.